The van der Waals surface area contributed by atoms with Gasteiger partial charge in [-0.1, -0.05) is 6.07 Å². The predicted molar refractivity (Wildman–Crippen MR) is 97.8 cm³/mol. The Balaban J connectivity index is 1.63. The molecule has 0 saturated carbocycles. The van der Waals surface area contributed by atoms with Crippen LogP contribution in [-0.2, 0) is 11.2 Å². The Hall–Kier alpha value is -3.06. The molecule has 0 aliphatic rings. The third-order valence-corrected chi connectivity index (χ3v) is 4.16. The van der Waals surface area contributed by atoms with Gasteiger partial charge in [0, 0.05) is 29.1 Å². The van der Waals surface area contributed by atoms with Gasteiger partial charge < -0.3 is 10.6 Å². The quantitative estimate of drug-likeness (QED) is 0.738. The van der Waals surface area contributed by atoms with Crippen LogP contribution in [0, 0.1) is 6.92 Å². The number of pyridine rings is 1. The third-order valence-electron chi connectivity index (χ3n) is 3.34. The second kappa shape index (κ2) is 7.67. The van der Waals surface area contributed by atoms with Crippen LogP contribution in [0.4, 0.5) is 11.4 Å². The molecular weight excluding hydrogens is 336 g/mol. The molecule has 0 aliphatic carbocycles. The Labute approximate surface area is 149 Å². The molecule has 0 unspecified atom stereocenters. The second-order valence-corrected chi connectivity index (χ2v) is 6.42. The van der Waals surface area contributed by atoms with Crippen LogP contribution < -0.4 is 10.6 Å². The maximum Gasteiger partial charge on any atom is 0.257 e. The summed E-state index contributed by atoms with van der Waals surface area (Å²) < 4.78 is 0. The maximum atomic E-state index is 12.1. The van der Waals surface area contributed by atoms with Crippen LogP contribution in [0.2, 0.25) is 0 Å². The van der Waals surface area contributed by atoms with E-state index in [2.05, 4.69) is 20.6 Å². The zero-order valence-corrected chi connectivity index (χ0v) is 14.3. The Morgan fingerprint density at radius 2 is 1.92 bits per heavy atom. The maximum absolute atomic E-state index is 12.1. The van der Waals surface area contributed by atoms with E-state index in [1.54, 1.807) is 42.6 Å². The molecule has 0 saturated heterocycles. The van der Waals surface area contributed by atoms with Crippen molar-refractivity contribution in [3.8, 4) is 0 Å². The van der Waals surface area contributed by atoms with E-state index in [0.29, 0.717) is 16.9 Å². The molecule has 25 heavy (non-hydrogen) atoms. The van der Waals surface area contributed by atoms with E-state index in [1.165, 1.54) is 17.5 Å². The molecule has 1 aromatic carbocycles. The average Bonchev–Trinajstić information content (AvgIpc) is 3.00. The van der Waals surface area contributed by atoms with E-state index in [-0.39, 0.29) is 18.2 Å². The highest BCUT2D eigenvalue weighted by molar-refractivity contribution is 7.09. The van der Waals surface area contributed by atoms with Gasteiger partial charge in [0.25, 0.3) is 5.91 Å². The number of nitrogens with one attached hydrogen (secondary N) is 2. The van der Waals surface area contributed by atoms with Crippen LogP contribution in [0.15, 0.2) is 54.2 Å². The summed E-state index contributed by atoms with van der Waals surface area (Å²) in [6.45, 7) is 1.90. The first kappa shape index (κ1) is 16.8. The lowest BCUT2D eigenvalue weighted by molar-refractivity contribution is -0.115. The molecule has 2 N–H and O–H groups in total. The van der Waals surface area contributed by atoms with E-state index in [1.807, 2.05) is 12.3 Å². The topological polar surface area (TPSA) is 84.0 Å². The predicted octanol–water partition coefficient (Wildman–Crippen LogP) is 3.28. The van der Waals surface area contributed by atoms with Crippen molar-refractivity contribution >= 4 is 34.5 Å². The number of nitrogens with zero attached hydrogens (tertiary/aromatic N) is 2. The monoisotopic (exact) mass is 352 g/mol. The minimum Gasteiger partial charge on any atom is -0.326 e. The zero-order chi connectivity index (χ0) is 17.6. The van der Waals surface area contributed by atoms with Crippen LogP contribution in [0.3, 0.4) is 0 Å². The Bertz CT molecular complexity index is 893. The number of aryl methyl sites for hydroxylation is 1. The first-order valence-electron chi connectivity index (χ1n) is 7.62. The number of carbonyl (C=O) groups excluding carboxylic acids is 2. The van der Waals surface area contributed by atoms with Gasteiger partial charge in [0.15, 0.2) is 0 Å². The minimum atomic E-state index is -0.255. The molecule has 7 heteroatoms. The molecule has 2 amide bonds. The van der Waals surface area contributed by atoms with Crippen molar-refractivity contribution in [2.75, 3.05) is 10.6 Å². The Morgan fingerprint density at radius 1 is 1.12 bits per heavy atom. The number of rotatable bonds is 5. The molecule has 3 aromatic rings. The van der Waals surface area contributed by atoms with Crippen molar-refractivity contribution in [2.24, 2.45) is 0 Å². The van der Waals surface area contributed by atoms with Gasteiger partial charge in [-0.3, -0.25) is 14.6 Å². The number of hydrogen-bond acceptors (Lipinski definition) is 5. The number of thiazole rings is 1. The van der Waals surface area contributed by atoms with E-state index < -0.39 is 0 Å². The molecule has 0 radical (unpaired) electrons. The molecule has 0 atom stereocenters. The lowest BCUT2D eigenvalue weighted by atomic mass is 10.2. The summed E-state index contributed by atoms with van der Waals surface area (Å²) >= 11 is 1.52. The molecule has 0 aliphatic heterocycles. The largest absolute Gasteiger partial charge is 0.326 e. The fourth-order valence-corrected chi connectivity index (χ4v) is 2.85. The molecule has 0 spiro atoms. The van der Waals surface area contributed by atoms with Gasteiger partial charge in [0.1, 0.15) is 0 Å². The van der Waals surface area contributed by atoms with Crippen molar-refractivity contribution < 1.29 is 9.59 Å². The van der Waals surface area contributed by atoms with Crippen LogP contribution in [0.5, 0.6) is 0 Å². The molecule has 126 valence electrons. The van der Waals surface area contributed by atoms with Gasteiger partial charge in [-0.25, -0.2) is 4.98 Å². The highest BCUT2D eigenvalue weighted by Gasteiger charge is 2.09. The van der Waals surface area contributed by atoms with Crippen molar-refractivity contribution in [1.29, 1.82) is 0 Å². The standard InChI is InChI=1S/C18H16N4O2S/c1-12-20-16(11-25-12)9-17(23)21-14-5-2-6-15(8-14)22-18(24)13-4-3-7-19-10-13/h2-8,10-11H,9H2,1H3,(H,21,23)(H,22,24). The SMILES string of the molecule is Cc1nc(CC(=O)Nc2cccc(NC(=O)c3cccnc3)c2)cs1. The third kappa shape index (κ3) is 4.71. The van der Waals surface area contributed by atoms with Crippen molar-refractivity contribution in [3.63, 3.8) is 0 Å². The first-order valence-corrected chi connectivity index (χ1v) is 8.50. The van der Waals surface area contributed by atoms with Crippen LogP contribution in [-0.4, -0.2) is 21.8 Å². The fourth-order valence-electron chi connectivity index (χ4n) is 2.23. The van der Waals surface area contributed by atoms with Crippen LogP contribution in [0.1, 0.15) is 21.1 Å². The lowest BCUT2D eigenvalue weighted by Gasteiger charge is -2.08. The summed E-state index contributed by atoms with van der Waals surface area (Å²) in [5.41, 5.74) is 2.42. The fraction of sp³-hybridized carbons (Fsp3) is 0.111. The van der Waals surface area contributed by atoms with Crippen molar-refractivity contribution in [2.45, 2.75) is 13.3 Å². The first-order chi connectivity index (χ1) is 12.1. The van der Waals surface area contributed by atoms with E-state index in [4.69, 9.17) is 0 Å². The van der Waals surface area contributed by atoms with E-state index >= 15 is 0 Å². The summed E-state index contributed by atoms with van der Waals surface area (Å²) in [7, 11) is 0. The van der Waals surface area contributed by atoms with Crippen LogP contribution >= 0.6 is 11.3 Å². The van der Waals surface area contributed by atoms with E-state index in [9.17, 15) is 9.59 Å². The molecule has 2 heterocycles. The molecule has 2 aromatic heterocycles. The molecule has 0 bridgehead atoms. The smallest absolute Gasteiger partial charge is 0.257 e. The molecule has 3 rings (SSSR count). The van der Waals surface area contributed by atoms with Gasteiger partial charge in [-0.15, -0.1) is 11.3 Å². The van der Waals surface area contributed by atoms with Gasteiger partial charge in [0.2, 0.25) is 5.91 Å². The number of benzene rings is 1. The number of hydrogen-bond donors (Lipinski definition) is 2. The lowest BCUT2D eigenvalue weighted by Crippen LogP contribution is -2.15. The number of carbonyl (C=O) groups is 2. The van der Waals surface area contributed by atoms with Crippen LogP contribution in [0.25, 0.3) is 0 Å². The molecule has 6 nitrogen and oxygen atoms in total. The zero-order valence-electron chi connectivity index (χ0n) is 13.5. The number of aromatic nitrogens is 2. The Kier molecular flexibility index (Phi) is 5.15. The summed E-state index contributed by atoms with van der Waals surface area (Å²) in [6.07, 6.45) is 3.32. The second-order valence-electron chi connectivity index (χ2n) is 5.36. The average molecular weight is 352 g/mol. The van der Waals surface area contributed by atoms with Gasteiger partial charge in [-0.2, -0.15) is 0 Å². The molecule has 0 fully saturated rings. The van der Waals surface area contributed by atoms with Crippen molar-refractivity contribution in [3.05, 3.63) is 70.4 Å². The minimum absolute atomic E-state index is 0.152. The highest BCUT2D eigenvalue weighted by Crippen LogP contribution is 2.17. The van der Waals surface area contributed by atoms with E-state index in [0.717, 1.165) is 10.7 Å². The summed E-state index contributed by atoms with van der Waals surface area (Å²) in [6, 6.07) is 10.4. The van der Waals surface area contributed by atoms with Gasteiger partial charge >= 0.3 is 0 Å². The van der Waals surface area contributed by atoms with Gasteiger partial charge in [0.05, 0.1) is 22.7 Å². The highest BCUT2D eigenvalue weighted by atomic mass is 32.1. The van der Waals surface area contributed by atoms with Gasteiger partial charge in [-0.05, 0) is 37.3 Å². The Morgan fingerprint density at radius 3 is 2.60 bits per heavy atom. The van der Waals surface area contributed by atoms with Crippen molar-refractivity contribution in [1.82, 2.24) is 9.97 Å². The summed E-state index contributed by atoms with van der Waals surface area (Å²) in [4.78, 5) is 32.5. The summed E-state index contributed by atoms with van der Waals surface area (Å²) in [5, 5.41) is 8.41. The number of anilines is 2. The normalized spacial score (nSPS) is 10.3. The molecular formula is C18H16N4O2S. The number of amides is 2. The summed E-state index contributed by atoms with van der Waals surface area (Å²) in [5.74, 6) is -0.407.